The van der Waals surface area contributed by atoms with Crippen LogP contribution in [0.1, 0.15) is 6.42 Å². The van der Waals surface area contributed by atoms with Gasteiger partial charge in [0, 0.05) is 14.2 Å². The molecule has 5 nitrogen and oxygen atoms in total. The highest BCUT2D eigenvalue weighted by Gasteiger charge is 2.25. The summed E-state index contributed by atoms with van der Waals surface area (Å²) < 4.78 is 15.9. The molecule has 0 saturated heterocycles. The molecule has 0 aromatic heterocycles. The second kappa shape index (κ2) is 5.84. The molecule has 0 fully saturated rings. The molecule has 1 amide bonds. The number of para-hydroxylation sites is 2. The Balaban J connectivity index is 2.28. The van der Waals surface area contributed by atoms with Crippen LogP contribution >= 0.6 is 0 Å². The molecule has 5 heteroatoms. The van der Waals surface area contributed by atoms with Gasteiger partial charge < -0.3 is 19.1 Å². The van der Waals surface area contributed by atoms with E-state index in [0.717, 1.165) is 5.69 Å². The monoisotopic (exact) mass is 251 g/mol. The number of amides is 1. The van der Waals surface area contributed by atoms with E-state index in [1.165, 1.54) is 0 Å². The zero-order valence-corrected chi connectivity index (χ0v) is 10.6. The standard InChI is InChI=1S/C13H17NO4/c1-16-13(17-2)9-14-10-5-3-4-6-11(10)18-8-7-12(14)15/h3-6,13H,7-9H2,1-2H3. The first kappa shape index (κ1) is 12.9. The van der Waals surface area contributed by atoms with Gasteiger partial charge in [-0.2, -0.15) is 0 Å². The smallest absolute Gasteiger partial charge is 0.230 e. The lowest BCUT2D eigenvalue weighted by atomic mass is 10.2. The largest absolute Gasteiger partial charge is 0.491 e. The van der Waals surface area contributed by atoms with Gasteiger partial charge in [0.05, 0.1) is 25.3 Å². The van der Waals surface area contributed by atoms with Crippen molar-refractivity contribution in [3.05, 3.63) is 24.3 Å². The van der Waals surface area contributed by atoms with E-state index in [9.17, 15) is 4.79 Å². The number of hydrogen-bond acceptors (Lipinski definition) is 4. The van der Waals surface area contributed by atoms with Gasteiger partial charge in [0.1, 0.15) is 5.75 Å². The van der Waals surface area contributed by atoms with Crippen LogP contribution in [0.3, 0.4) is 0 Å². The zero-order chi connectivity index (χ0) is 13.0. The molecule has 0 saturated carbocycles. The molecule has 0 bridgehead atoms. The van der Waals surface area contributed by atoms with Crippen LogP contribution in [0.25, 0.3) is 0 Å². The summed E-state index contributed by atoms with van der Waals surface area (Å²) in [5.74, 6) is 0.730. The minimum Gasteiger partial charge on any atom is -0.491 e. The number of rotatable bonds is 4. The zero-order valence-electron chi connectivity index (χ0n) is 10.6. The maximum Gasteiger partial charge on any atom is 0.230 e. The van der Waals surface area contributed by atoms with Crippen molar-refractivity contribution in [3.63, 3.8) is 0 Å². The molecule has 2 rings (SSSR count). The first-order chi connectivity index (χ1) is 8.76. The van der Waals surface area contributed by atoms with Crippen molar-refractivity contribution in [3.8, 4) is 5.75 Å². The van der Waals surface area contributed by atoms with E-state index in [0.29, 0.717) is 25.3 Å². The fourth-order valence-electron chi connectivity index (χ4n) is 1.91. The van der Waals surface area contributed by atoms with Crippen LogP contribution in [0.15, 0.2) is 24.3 Å². The second-order valence-corrected chi connectivity index (χ2v) is 3.97. The number of benzene rings is 1. The van der Waals surface area contributed by atoms with Gasteiger partial charge in [0.15, 0.2) is 6.29 Å². The number of anilines is 1. The van der Waals surface area contributed by atoms with Crippen molar-refractivity contribution in [1.82, 2.24) is 0 Å². The van der Waals surface area contributed by atoms with Crippen LogP contribution in [0, 0.1) is 0 Å². The Morgan fingerprint density at radius 3 is 2.78 bits per heavy atom. The number of methoxy groups -OCH3 is 2. The molecule has 98 valence electrons. The van der Waals surface area contributed by atoms with Gasteiger partial charge in [0.25, 0.3) is 0 Å². The average Bonchev–Trinajstić information content (AvgIpc) is 2.55. The molecule has 0 N–H and O–H groups in total. The first-order valence-corrected chi connectivity index (χ1v) is 5.84. The molecule has 1 heterocycles. The van der Waals surface area contributed by atoms with Gasteiger partial charge in [-0.3, -0.25) is 4.79 Å². The molecule has 0 aliphatic carbocycles. The molecule has 1 aliphatic rings. The van der Waals surface area contributed by atoms with Crippen LogP contribution in [0.5, 0.6) is 5.75 Å². The fourth-order valence-corrected chi connectivity index (χ4v) is 1.91. The van der Waals surface area contributed by atoms with Crippen molar-refractivity contribution in [2.24, 2.45) is 0 Å². The topological polar surface area (TPSA) is 48.0 Å². The summed E-state index contributed by atoms with van der Waals surface area (Å²) in [5, 5.41) is 0. The number of hydrogen-bond donors (Lipinski definition) is 0. The summed E-state index contributed by atoms with van der Waals surface area (Å²) in [6.07, 6.45) is -0.0884. The molecule has 1 aliphatic heterocycles. The van der Waals surface area contributed by atoms with Crippen LogP contribution in [0.2, 0.25) is 0 Å². The molecule has 0 atom stereocenters. The second-order valence-electron chi connectivity index (χ2n) is 3.97. The Kier molecular flexibility index (Phi) is 4.17. The number of fused-ring (bicyclic) bond motifs is 1. The van der Waals surface area contributed by atoms with E-state index < -0.39 is 6.29 Å². The normalized spacial score (nSPS) is 15.3. The van der Waals surface area contributed by atoms with Gasteiger partial charge >= 0.3 is 0 Å². The maximum absolute atomic E-state index is 12.1. The highest BCUT2D eigenvalue weighted by atomic mass is 16.7. The maximum atomic E-state index is 12.1. The van der Waals surface area contributed by atoms with Crippen LogP contribution in [-0.4, -0.2) is 39.6 Å². The third-order valence-corrected chi connectivity index (χ3v) is 2.89. The van der Waals surface area contributed by atoms with E-state index >= 15 is 0 Å². The van der Waals surface area contributed by atoms with E-state index in [4.69, 9.17) is 14.2 Å². The minimum absolute atomic E-state index is 0.0130. The average molecular weight is 251 g/mol. The van der Waals surface area contributed by atoms with Crippen LogP contribution < -0.4 is 9.64 Å². The van der Waals surface area contributed by atoms with Gasteiger partial charge in [-0.1, -0.05) is 12.1 Å². The van der Waals surface area contributed by atoms with Gasteiger partial charge in [-0.25, -0.2) is 0 Å². The fraction of sp³-hybridized carbons (Fsp3) is 0.462. The van der Waals surface area contributed by atoms with Gasteiger partial charge in [-0.15, -0.1) is 0 Å². The summed E-state index contributed by atoms with van der Waals surface area (Å²) in [7, 11) is 3.11. The molecule has 1 aromatic carbocycles. The third kappa shape index (κ3) is 2.63. The Morgan fingerprint density at radius 1 is 1.33 bits per heavy atom. The summed E-state index contributed by atoms with van der Waals surface area (Å²) in [4.78, 5) is 13.7. The van der Waals surface area contributed by atoms with Gasteiger partial charge in [0.2, 0.25) is 5.91 Å². The summed E-state index contributed by atoms with van der Waals surface area (Å²) in [6, 6.07) is 7.48. The summed E-state index contributed by atoms with van der Waals surface area (Å²) in [6.45, 7) is 0.753. The lowest BCUT2D eigenvalue weighted by molar-refractivity contribution is -0.123. The van der Waals surface area contributed by atoms with Crippen molar-refractivity contribution in [2.45, 2.75) is 12.7 Å². The highest BCUT2D eigenvalue weighted by Crippen LogP contribution is 2.31. The predicted octanol–water partition coefficient (Wildman–Crippen LogP) is 1.42. The minimum atomic E-state index is -0.444. The number of ether oxygens (including phenoxy) is 3. The van der Waals surface area contributed by atoms with E-state index in [2.05, 4.69) is 0 Å². The first-order valence-electron chi connectivity index (χ1n) is 5.84. The SMILES string of the molecule is COC(CN1C(=O)CCOc2ccccc21)OC. The van der Waals surface area contributed by atoms with Gasteiger partial charge in [-0.05, 0) is 12.1 Å². The van der Waals surface area contributed by atoms with Crippen molar-refractivity contribution in [1.29, 1.82) is 0 Å². The quantitative estimate of drug-likeness (QED) is 0.759. The Labute approximate surface area is 106 Å². The van der Waals surface area contributed by atoms with Crippen molar-refractivity contribution in [2.75, 3.05) is 32.3 Å². The van der Waals surface area contributed by atoms with Crippen LogP contribution in [-0.2, 0) is 14.3 Å². The van der Waals surface area contributed by atoms with Crippen molar-refractivity contribution < 1.29 is 19.0 Å². The molecule has 1 aromatic rings. The Hall–Kier alpha value is -1.59. The highest BCUT2D eigenvalue weighted by molar-refractivity contribution is 5.95. The summed E-state index contributed by atoms with van der Waals surface area (Å²) in [5.41, 5.74) is 0.763. The molecule has 18 heavy (non-hydrogen) atoms. The number of carbonyl (C=O) groups excluding carboxylic acids is 1. The molecule has 0 spiro atoms. The Bertz CT molecular complexity index is 417. The number of carbonyl (C=O) groups is 1. The molecule has 0 unspecified atom stereocenters. The van der Waals surface area contributed by atoms with Crippen LogP contribution in [0.4, 0.5) is 5.69 Å². The summed E-state index contributed by atoms with van der Waals surface area (Å²) >= 11 is 0. The molecular weight excluding hydrogens is 234 g/mol. The third-order valence-electron chi connectivity index (χ3n) is 2.89. The van der Waals surface area contributed by atoms with E-state index in [1.54, 1.807) is 19.1 Å². The van der Waals surface area contributed by atoms with Crippen molar-refractivity contribution >= 4 is 11.6 Å². The van der Waals surface area contributed by atoms with E-state index in [1.807, 2.05) is 24.3 Å². The molecular formula is C13H17NO4. The lowest BCUT2D eigenvalue weighted by Gasteiger charge is -2.25. The lowest BCUT2D eigenvalue weighted by Crippen LogP contribution is -2.38. The predicted molar refractivity (Wildman–Crippen MR) is 66.7 cm³/mol. The Morgan fingerprint density at radius 2 is 2.06 bits per heavy atom. The van der Waals surface area contributed by atoms with E-state index in [-0.39, 0.29) is 5.91 Å². The number of nitrogens with zero attached hydrogens (tertiary/aromatic N) is 1. The molecule has 0 radical (unpaired) electrons.